The highest BCUT2D eigenvalue weighted by Gasteiger charge is 2.45. The second-order valence-corrected chi connectivity index (χ2v) is 3.54. The van der Waals surface area contributed by atoms with Crippen molar-refractivity contribution in [3.8, 4) is 0 Å². The van der Waals surface area contributed by atoms with Crippen LogP contribution >= 0.6 is 0 Å². The zero-order chi connectivity index (χ0) is 8.01. The van der Waals surface area contributed by atoms with Gasteiger partial charge in [0.1, 0.15) is 0 Å². The Morgan fingerprint density at radius 1 is 1.45 bits per heavy atom. The Bertz CT molecular complexity index is 182. The van der Waals surface area contributed by atoms with Gasteiger partial charge in [0, 0.05) is 24.9 Å². The Hall–Kier alpha value is -0.770. The van der Waals surface area contributed by atoms with E-state index in [0.29, 0.717) is 11.8 Å². The summed E-state index contributed by atoms with van der Waals surface area (Å²) in [6.45, 7) is 1.54. The molecule has 1 aliphatic carbocycles. The molecule has 0 aromatic carbocycles. The van der Waals surface area contributed by atoms with Crippen molar-refractivity contribution in [1.29, 1.82) is 5.41 Å². The predicted octanol–water partition coefficient (Wildman–Crippen LogP) is -0.808. The van der Waals surface area contributed by atoms with Crippen LogP contribution in [0.25, 0.3) is 0 Å². The first-order valence-corrected chi connectivity index (χ1v) is 3.95. The van der Waals surface area contributed by atoms with Gasteiger partial charge in [-0.15, -0.1) is 0 Å². The summed E-state index contributed by atoms with van der Waals surface area (Å²) in [4.78, 5) is 1.84. The molecule has 11 heavy (non-hydrogen) atoms. The largest absolute Gasteiger partial charge is 0.392 e. The van der Waals surface area contributed by atoms with E-state index in [2.05, 4.69) is 0 Å². The molecule has 2 bridgehead atoms. The van der Waals surface area contributed by atoms with Crippen LogP contribution in [0.4, 0.5) is 0 Å². The maximum atomic E-state index is 9.39. The average Bonchev–Trinajstić information content (AvgIpc) is 2.03. The monoisotopic (exact) mass is 155 g/mol. The lowest BCUT2D eigenvalue weighted by molar-refractivity contribution is -0.0905. The van der Waals surface area contributed by atoms with Gasteiger partial charge in [-0.2, -0.15) is 0 Å². The van der Waals surface area contributed by atoms with E-state index in [-0.39, 0.29) is 12.1 Å². The Morgan fingerprint density at radius 2 is 2.00 bits per heavy atom. The second kappa shape index (κ2) is 2.11. The third kappa shape index (κ3) is 0.894. The molecule has 3 fully saturated rings. The van der Waals surface area contributed by atoms with E-state index in [4.69, 9.17) is 11.1 Å². The summed E-state index contributed by atoms with van der Waals surface area (Å²) in [5.74, 6) is 0.891. The third-order valence-corrected chi connectivity index (χ3v) is 2.82. The number of nitrogens with two attached hydrogens (primary N) is 1. The number of piperidine rings is 2. The van der Waals surface area contributed by atoms with Crippen LogP contribution in [0, 0.1) is 17.2 Å². The normalized spacial score (nSPS) is 41.5. The van der Waals surface area contributed by atoms with Crippen molar-refractivity contribution in [3.63, 3.8) is 0 Å². The SMILES string of the molecule is N=C(N)N1CC2CC(C1)C2O. The molecule has 0 amide bonds. The fourth-order valence-corrected chi connectivity index (χ4v) is 2.06. The van der Waals surface area contributed by atoms with E-state index in [9.17, 15) is 5.11 Å². The van der Waals surface area contributed by atoms with Crippen molar-refractivity contribution in [2.24, 2.45) is 17.6 Å². The van der Waals surface area contributed by atoms with Crippen molar-refractivity contribution in [3.05, 3.63) is 0 Å². The first-order chi connectivity index (χ1) is 5.18. The minimum absolute atomic E-state index is 0.120. The minimum atomic E-state index is -0.120. The van der Waals surface area contributed by atoms with Gasteiger partial charge in [0.15, 0.2) is 5.96 Å². The van der Waals surface area contributed by atoms with Gasteiger partial charge < -0.3 is 15.7 Å². The molecule has 1 saturated carbocycles. The molecule has 2 atom stereocenters. The highest BCUT2D eigenvalue weighted by molar-refractivity contribution is 5.74. The highest BCUT2D eigenvalue weighted by atomic mass is 16.3. The standard InChI is InChI=1S/C7H13N3O/c8-7(9)10-2-4-1-5(3-10)6(4)11/h4-6,11H,1-3H2,(H3,8,9). The maximum Gasteiger partial charge on any atom is 0.188 e. The van der Waals surface area contributed by atoms with Gasteiger partial charge in [0.25, 0.3) is 0 Å². The minimum Gasteiger partial charge on any atom is -0.392 e. The van der Waals surface area contributed by atoms with Gasteiger partial charge in [-0.3, -0.25) is 5.41 Å². The van der Waals surface area contributed by atoms with Crippen molar-refractivity contribution in [2.45, 2.75) is 12.5 Å². The van der Waals surface area contributed by atoms with Crippen LogP contribution in [-0.4, -0.2) is 35.2 Å². The van der Waals surface area contributed by atoms with Crippen LogP contribution in [0.5, 0.6) is 0 Å². The van der Waals surface area contributed by atoms with Gasteiger partial charge >= 0.3 is 0 Å². The van der Waals surface area contributed by atoms with Crippen molar-refractivity contribution in [1.82, 2.24) is 4.90 Å². The molecule has 4 nitrogen and oxygen atoms in total. The quantitative estimate of drug-likeness (QED) is 0.316. The number of fused-ring (bicyclic) bond motifs is 2. The number of nitrogens with one attached hydrogen (secondary N) is 1. The number of rotatable bonds is 0. The van der Waals surface area contributed by atoms with Crippen LogP contribution in [0.2, 0.25) is 0 Å². The summed E-state index contributed by atoms with van der Waals surface area (Å²) < 4.78 is 0. The molecular formula is C7H13N3O. The number of hydrogen-bond donors (Lipinski definition) is 3. The van der Waals surface area contributed by atoms with E-state index in [1.165, 1.54) is 0 Å². The summed E-state index contributed by atoms with van der Waals surface area (Å²) in [6.07, 6.45) is 0.996. The molecule has 2 saturated heterocycles. The van der Waals surface area contributed by atoms with Gasteiger partial charge in [0.05, 0.1) is 6.10 Å². The topological polar surface area (TPSA) is 73.3 Å². The molecule has 2 heterocycles. The molecule has 0 aromatic rings. The Labute approximate surface area is 65.5 Å². The second-order valence-electron chi connectivity index (χ2n) is 3.54. The van der Waals surface area contributed by atoms with Gasteiger partial charge in [-0.25, -0.2) is 0 Å². The fourth-order valence-electron chi connectivity index (χ4n) is 2.06. The summed E-state index contributed by atoms with van der Waals surface area (Å²) in [5, 5.41) is 16.6. The van der Waals surface area contributed by atoms with Gasteiger partial charge in [-0.05, 0) is 6.42 Å². The van der Waals surface area contributed by atoms with E-state index in [1.807, 2.05) is 4.90 Å². The molecule has 62 valence electrons. The van der Waals surface area contributed by atoms with Crippen molar-refractivity contribution >= 4 is 5.96 Å². The first-order valence-electron chi connectivity index (χ1n) is 3.95. The van der Waals surface area contributed by atoms with Crippen LogP contribution in [0.15, 0.2) is 0 Å². The van der Waals surface area contributed by atoms with Crippen molar-refractivity contribution < 1.29 is 5.11 Å². The molecule has 0 aromatic heterocycles. The van der Waals surface area contributed by atoms with Crippen LogP contribution in [0.1, 0.15) is 6.42 Å². The van der Waals surface area contributed by atoms with Crippen LogP contribution in [-0.2, 0) is 0 Å². The number of aliphatic hydroxyl groups excluding tert-OH is 1. The Morgan fingerprint density at radius 3 is 2.36 bits per heavy atom. The number of nitrogens with zero attached hydrogens (tertiary/aromatic N) is 1. The summed E-state index contributed by atoms with van der Waals surface area (Å²) in [7, 11) is 0. The van der Waals surface area contributed by atoms with E-state index in [1.54, 1.807) is 0 Å². The zero-order valence-electron chi connectivity index (χ0n) is 6.33. The molecule has 0 spiro atoms. The van der Waals surface area contributed by atoms with E-state index >= 15 is 0 Å². The first kappa shape index (κ1) is 6.91. The van der Waals surface area contributed by atoms with Crippen LogP contribution in [0.3, 0.4) is 0 Å². The smallest absolute Gasteiger partial charge is 0.188 e. The third-order valence-electron chi connectivity index (χ3n) is 2.82. The lowest BCUT2D eigenvalue weighted by Gasteiger charge is -2.51. The van der Waals surface area contributed by atoms with Gasteiger partial charge in [0.2, 0.25) is 0 Å². The van der Waals surface area contributed by atoms with Gasteiger partial charge in [-0.1, -0.05) is 0 Å². The molecule has 3 rings (SSSR count). The molecule has 4 N–H and O–H groups in total. The number of aliphatic hydroxyl groups is 1. The summed E-state index contributed by atoms with van der Waals surface area (Å²) >= 11 is 0. The zero-order valence-corrected chi connectivity index (χ0v) is 6.33. The average molecular weight is 155 g/mol. The predicted molar refractivity (Wildman–Crippen MR) is 41.1 cm³/mol. The molecule has 2 unspecified atom stereocenters. The lowest BCUT2D eigenvalue weighted by atomic mass is 9.68. The maximum absolute atomic E-state index is 9.39. The Balaban J connectivity index is 1.99. The lowest BCUT2D eigenvalue weighted by Crippen LogP contribution is -2.60. The van der Waals surface area contributed by atoms with Crippen LogP contribution < -0.4 is 5.73 Å². The Kier molecular flexibility index (Phi) is 1.32. The van der Waals surface area contributed by atoms with E-state index < -0.39 is 0 Å². The summed E-state index contributed by atoms with van der Waals surface area (Å²) in [6, 6.07) is 0. The molecule has 2 aliphatic heterocycles. The number of guanidine groups is 1. The van der Waals surface area contributed by atoms with Crippen molar-refractivity contribution in [2.75, 3.05) is 13.1 Å². The van der Waals surface area contributed by atoms with E-state index in [0.717, 1.165) is 19.5 Å². The number of hydrogen-bond acceptors (Lipinski definition) is 2. The molecule has 0 radical (unpaired) electrons. The molecular weight excluding hydrogens is 142 g/mol. The molecule has 4 heteroatoms. The summed E-state index contributed by atoms with van der Waals surface area (Å²) in [5.41, 5.74) is 5.32. The molecule has 3 aliphatic rings. The highest BCUT2D eigenvalue weighted by Crippen LogP contribution is 2.39. The fraction of sp³-hybridized carbons (Fsp3) is 0.857.